The second-order valence-corrected chi connectivity index (χ2v) is 5.71. The lowest BCUT2D eigenvalue weighted by atomic mass is 10.1. The van der Waals surface area contributed by atoms with Crippen molar-refractivity contribution in [1.82, 2.24) is 20.8 Å². The van der Waals surface area contributed by atoms with Gasteiger partial charge in [-0.15, -0.1) is 10.2 Å². The van der Waals surface area contributed by atoms with Gasteiger partial charge in [-0.1, -0.05) is 30.3 Å². The Bertz CT molecular complexity index is 734. The van der Waals surface area contributed by atoms with Gasteiger partial charge in [0.1, 0.15) is 0 Å². The molecule has 2 aromatic rings. The molecule has 3 atom stereocenters. The van der Waals surface area contributed by atoms with Gasteiger partial charge >= 0.3 is 12.0 Å². The molecule has 140 valence electrons. The summed E-state index contributed by atoms with van der Waals surface area (Å²) in [6.45, 7) is 1.15. The van der Waals surface area contributed by atoms with Gasteiger partial charge < -0.3 is 31.0 Å². The molecule has 0 aliphatic rings. The summed E-state index contributed by atoms with van der Waals surface area (Å²) >= 11 is 0. The zero-order chi connectivity index (χ0) is 19.1. The predicted molar refractivity (Wildman–Crippen MR) is 89.8 cm³/mol. The van der Waals surface area contributed by atoms with Crippen LogP contribution in [0.15, 0.2) is 34.7 Å². The Balaban J connectivity index is 1.86. The molecule has 0 aliphatic heterocycles. The standard InChI is InChI=1S/C16H21N5O5/c1-9(22)13(15(23)24)19-16(25)18-8-12-20-21-14(26-12)11(17)7-10-5-3-2-4-6-10/h2-6,9,11,13,22H,7-8,17H2,1H3,(H,23,24)(H2,18,19,25). The SMILES string of the molecule is CC(O)C(NC(=O)NCc1nnc(C(N)Cc2ccccc2)o1)C(=O)O. The molecule has 2 amide bonds. The van der Waals surface area contributed by atoms with E-state index in [2.05, 4.69) is 20.8 Å². The second kappa shape index (κ2) is 8.92. The molecule has 0 saturated heterocycles. The Kier molecular flexibility index (Phi) is 6.64. The largest absolute Gasteiger partial charge is 0.480 e. The van der Waals surface area contributed by atoms with Crippen molar-refractivity contribution < 1.29 is 24.2 Å². The van der Waals surface area contributed by atoms with Crippen LogP contribution < -0.4 is 16.4 Å². The number of carboxylic acids is 1. The summed E-state index contributed by atoms with van der Waals surface area (Å²) < 4.78 is 5.41. The molecule has 0 aliphatic carbocycles. The van der Waals surface area contributed by atoms with Crippen LogP contribution in [0.3, 0.4) is 0 Å². The Hall–Kier alpha value is -2.98. The molecule has 1 aromatic carbocycles. The van der Waals surface area contributed by atoms with E-state index >= 15 is 0 Å². The van der Waals surface area contributed by atoms with Crippen LogP contribution in [0.2, 0.25) is 0 Å². The fourth-order valence-corrected chi connectivity index (χ4v) is 2.18. The molecule has 0 radical (unpaired) electrons. The molecule has 3 unspecified atom stereocenters. The van der Waals surface area contributed by atoms with Crippen molar-refractivity contribution in [2.45, 2.75) is 38.1 Å². The van der Waals surface area contributed by atoms with Crippen molar-refractivity contribution in [1.29, 1.82) is 0 Å². The van der Waals surface area contributed by atoms with E-state index in [0.717, 1.165) is 5.56 Å². The van der Waals surface area contributed by atoms with Crippen LogP contribution in [0, 0.1) is 0 Å². The summed E-state index contributed by atoms with van der Waals surface area (Å²) in [5.74, 6) is -0.983. The molecule has 6 N–H and O–H groups in total. The monoisotopic (exact) mass is 363 g/mol. The number of rotatable bonds is 8. The molecular weight excluding hydrogens is 342 g/mol. The Morgan fingerprint density at radius 1 is 1.27 bits per heavy atom. The minimum Gasteiger partial charge on any atom is -0.480 e. The van der Waals surface area contributed by atoms with Crippen LogP contribution in [0.5, 0.6) is 0 Å². The molecule has 10 nitrogen and oxygen atoms in total. The van der Waals surface area contributed by atoms with Gasteiger partial charge in [-0.3, -0.25) is 0 Å². The number of hydrogen-bond acceptors (Lipinski definition) is 7. The number of nitrogens with zero attached hydrogens (tertiary/aromatic N) is 2. The van der Waals surface area contributed by atoms with Gasteiger partial charge in [0.25, 0.3) is 0 Å². The normalized spacial score (nSPS) is 14.3. The second-order valence-electron chi connectivity index (χ2n) is 5.71. The van der Waals surface area contributed by atoms with Crippen molar-refractivity contribution >= 4 is 12.0 Å². The van der Waals surface area contributed by atoms with Gasteiger partial charge in [-0.05, 0) is 18.9 Å². The fourth-order valence-electron chi connectivity index (χ4n) is 2.18. The highest BCUT2D eigenvalue weighted by molar-refractivity contribution is 5.82. The number of aliphatic carboxylic acids is 1. The quantitative estimate of drug-likeness (QED) is 0.435. The van der Waals surface area contributed by atoms with Crippen molar-refractivity contribution in [3.05, 3.63) is 47.7 Å². The molecule has 2 rings (SSSR count). The lowest BCUT2D eigenvalue weighted by molar-refractivity contribution is -0.141. The average molecular weight is 363 g/mol. The first-order valence-electron chi connectivity index (χ1n) is 7.94. The Morgan fingerprint density at radius 3 is 2.58 bits per heavy atom. The molecule has 0 spiro atoms. The third kappa shape index (κ3) is 5.53. The van der Waals surface area contributed by atoms with Gasteiger partial charge in [0.05, 0.1) is 18.7 Å². The minimum absolute atomic E-state index is 0.108. The maximum atomic E-state index is 11.7. The van der Waals surface area contributed by atoms with Gasteiger partial charge in [0, 0.05) is 0 Å². The van der Waals surface area contributed by atoms with E-state index in [1.807, 2.05) is 30.3 Å². The van der Waals surface area contributed by atoms with Gasteiger partial charge in [0.2, 0.25) is 11.8 Å². The number of carbonyl (C=O) groups excluding carboxylic acids is 1. The molecule has 0 fully saturated rings. The van der Waals surface area contributed by atoms with E-state index in [1.165, 1.54) is 6.92 Å². The first-order chi connectivity index (χ1) is 12.4. The molecule has 0 bridgehead atoms. The number of nitrogens with two attached hydrogens (primary N) is 1. The zero-order valence-electron chi connectivity index (χ0n) is 14.1. The summed E-state index contributed by atoms with van der Waals surface area (Å²) in [4.78, 5) is 22.6. The topological polar surface area (TPSA) is 164 Å². The van der Waals surface area contributed by atoms with Crippen LogP contribution in [0.1, 0.15) is 30.3 Å². The van der Waals surface area contributed by atoms with Crippen molar-refractivity contribution in [3.63, 3.8) is 0 Å². The van der Waals surface area contributed by atoms with E-state index in [1.54, 1.807) is 0 Å². The minimum atomic E-state index is -1.42. The number of aromatic nitrogens is 2. The van der Waals surface area contributed by atoms with Gasteiger partial charge in [-0.2, -0.15) is 0 Å². The van der Waals surface area contributed by atoms with Crippen LogP contribution in [-0.4, -0.2) is 44.6 Å². The third-order valence-corrected chi connectivity index (χ3v) is 3.53. The van der Waals surface area contributed by atoms with E-state index in [4.69, 9.17) is 15.3 Å². The highest BCUT2D eigenvalue weighted by Gasteiger charge is 2.25. The number of hydrogen-bond donors (Lipinski definition) is 5. The number of benzene rings is 1. The van der Waals surface area contributed by atoms with E-state index in [-0.39, 0.29) is 18.3 Å². The molecular formula is C16H21N5O5. The maximum absolute atomic E-state index is 11.7. The first-order valence-corrected chi connectivity index (χ1v) is 7.94. The summed E-state index contributed by atoms with van der Waals surface area (Å²) in [6.07, 6.45) is -0.727. The smallest absolute Gasteiger partial charge is 0.328 e. The van der Waals surface area contributed by atoms with Crippen LogP contribution in [0.4, 0.5) is 4.79 Å². The summed E-state index contributed by atoms with van der Waals surface area (Å²) in [7, 11) is 0. The summed E-state index contributed by atoms with van der Waals surface area (Å²) in [6, 6.07) is 6.89. The lowest BCUT2D eigenvalue weighted by Gasteiger charge is -2.16. The predicted octanol–water partition coefficient (Wildman–Crippen LogP) is -0.0547. The lowest BCUT2D eigenvalue weighted by Crippen LogP contribution is -2.51. The number of nitrogens with one attached hydrogen (secondary N) is 2. The van der Waals surface area contributed by atoms with Crippen LogP contribution in [0.25, 0.3) is 0 Å². The van der Waals surface area contributed by atoms with Crippen molar-refractivity contribution in [2.24, 2.45) is 5.73 Å². The number of amides is 2. The number of aliphatic hydroxyl groups is 1. The summed E-state index contributed by atoms with van der Waals surface area (Å²) in [5, 5.41) is 30.4. The Labute approximate surface area is 149 Å². The molecule has 26 heavy (non-hydrogen) atoms. The van der Waals surface area contributed by atoms with Gasteiger partial charge in [0.15, 0.2) is 6.04 Å². The zero-order valence-corrected chi connectivity index (χ0v) is 14.1. The number of urea groups is 1. The van der Waals surface area contributed by atoms with E-state index in [9.17, 15) is 14.7 Å². The van der Waals surface area contributed by atoms with Crippen LogP contribution >= 0.6 is 0 Å². The molecule has 1 heterocycles. The highest BCUT2D eigenvalue weighted by atomic mass is 16.4. The maximum Gasteiger partial charge on any atom is 0.328 e. The molecule has 1 aromatic heterocycles. The third-order valence-electron chi connectivity index (χ3n) is 3.53. The average Bonchev–Trinajstić information content (AvgIpc) is 3.07. The van der Waals surface area contributed by atoms with Crippen LogP contribution in [-0.2, 0) is 17.8 Å². The molecule has 10 heteroatoms. The van der Waals surface area contributed by atoms with E-state index < -0.39 is 30.2 Å². The van der Waals surface area contributed by atoms with Crippen molar-refractivity contribution in [3.8, 4) is 0 Å². The number of aliphatic hydroxyl groups excluding tert-OH is 1. The van der Waals surface area contributed by atoms with E-state index in [0.29, 0.717) is 6.42 Å². The number of carboxylic acid groups (broad SMARTS) is 1. The molecule has 0 saturated carbocycles. The summed E-state index contributed by atoms with van der Waals surface area (Å²) in [5.41, 5.74) is 7.06. The van der Waals surface area contributed by atoms with Crippen molar-refractivity contribution in [2.75, 3.05) is 0 Å². The number of carbonyl (C=O) groups is 2. The fraction of sp³-hybridized carbons (Fsp3) is 0.375. The Morgan fingerprint density at radius 2 is 1.96 bits per heavy atom. The highest BCUT2D eigenvalue weighted by Crippen LogP contribution is 2.14. The van der Waals surface area contributed by atoms with Gasteiger partial charge in [-0.25, -0.2) is 9.59 Å². The first kappa shape index (κ1) is 19.3.